The summed E-state index contributed by atoms with van der Waals surface area (Å²) in [4.78, 5) is 2.54. The second-order valence-electron chi connectivity index (χ2n) is 4.92. The molecular weight excluding hydrogens is 218 g/mol. The average molecular weight is 236 g/mol. The highest BCUT2D eigenvalue weighted by Gasteiger charge is 2.13. The van der Waals surface area contributed by atoms with Gasteiger partial charge in [0, 0.05) is 6.54 Å². The molecule has 0 spiro atoms. The molecule has 0 saturated carbocycles. The summed E-state index contributed by atoms with van der Waals surface area (Å²) in [6.45, 7) is 3.54. The molecule has 2 aromatic rings. The number of hydrogen-bond donors (Lipinski definition) is 0. The van der Waals surface area contributed by atoms with Crippen LogP contribution >= 0.6 is 0 Å². The van der Waals surface area contributed by atoms with Crippen LogP contribution in [-0.2, 0) is 6.54 Å². The molecule has 1 heteroatoms. The van der Waals surface area contributed by atoms with Gasteiger partial charge in [0.2, 0.25) is 0 Å². The quantitative estimate of drug-likeness (QED) is 0.784. The summed E-state index contributed by atoms with van der Waals surface area (Å²) in [5.74, 6) is 0. The van der Waals surface area contributed by atoms with E-state index in [9.17, 15) is 0 Å². The highest BCUT2D eigenvalue weighted by molar-refractivity contribution is 5.66. The fraction of sp³-hybridized carbons (Fsp3) is 0.294. The first-order valence-electron chi connectivity index (χ1n) is 6.71. The Morgan fingerprint density at radius 1 is 0.944 bits per heavy atom. The SMILES string of the molecule is [c]1cccc(CN2CCCC2)c1-c1ccccc1. The van der Waals surface area contributed by atoms with Crippen LogP contribution in [0.4, 0.5) is 0 Å². The Labute approximate surface area is 109 Å². The highest BCUT2D eigenvalue weighted by atomic mass is 15.1. The third-order valence-electron chi connectivity index (χ3n) is 3.60. The minimum absolute atomic E-state index is 1.06. The summed E-state index contributed by atoms with van der Waals surface area (Å²) >= 11 is 0. The van der Waals surface area contributed by atoms with Crippen LogP contribution in [0.1, 0.15) is 18.4 Å². The van der Waals surface area contributed by atoms with E-state index in [0.717, 1.165) is 6.54 Å². The molecule has 0 aromatic heterocycles. The van der Waals surface area contributed by atoms with Crippen LogP contribution < -0.4 is 0 Å². The van der Waals surface area contributed by atoms with Gasteiger partial charge in [0.05, 0.1) is 0 Å². The Kier molecular flexibility index (Phi) is 3.42. The number of benzene rings is 2. The van der Waals surface area contributed by atoms with Gasteiger partial charge in [0.25, 0.3) is 0 Å². The first-order chi connectivity index (χ1) is 8.93. The van der Waals surface area contributed by atoms with Crippen molar-refractivity contribution in [3.63, 3.8) is 0 Å². The molecule has 0 unspecified atom stereocenters. The van der Waals surface area contributed by atoms with Gasteiger partial charge in [-0.1, -0.05) is 48.5 Å². The van der Waals surface area contributed by atoms with Crippen molar-refractivity contribution >= 4 is 0 Å². The van der Waals surface area contributed by atoms with E-state index >= 15 is 0 Å². The van der Waals surface area contributed by atoms with Crippen molar-refractivity contribution in [3.8, 4) is 11.1 Å². The zero-order chi connectivity index (χ0) is 12.2. The molecule has 0 atom stereocenters. The maximum Gasteiger partial charge on any atom is 0.0240 e. The van der Waals surface area contributed by atoms with Crippen LogP contribution in [0.15, 0.2) is 48.5 Å². The molecule has 91 valence electrons. The maximum absolute atomic E-state index is 3.40. The van der Waals surface area contributed by atoms with E-state index in [1.54, 1.807) is 0 Å². The minimum Gasteiger partial charge on any atom is -0.299 e. The first kappa shape index (κ1) is 11.5. The standard InChI is InChI=1S/C17H18N/c1-2-8-15(9-3-1)17-11-5-4-10-16(17)14-18-12-6-7-13-18/h1-5,8-10H,6-7,12-14H2. The summed E-state index contributed by atoms with van der Waals surface area (Å²) in [6, 6.07) is 20.3. The van der Waals surface area contributed by atoms with Crippen LogP contribution in [0.25, 0.3) is 11.1 Å². The van der Waals surface area contributed by atoms with Crippen molar-refractivity contribution in [1.29, 1.82) is 0 Å². The summed E-state index contributed by atoms with van der Waals surface area (Å²) in [5, 5.41) is 0. The Hall–Kier alpha value is -1.60. The summed E-state index contributed by atoms with van der Waals surface area (Å²) in [5.41, 5.74) is 3.92. The van der Waals surface area contributed by atoms with Crippen molar-refractivity contribution < 1.29 is 0 Å². The van der Waals surface area contributed by atoms with E-state index in [2.05, 4.69) is 53.4 Å². The zero-order valence-electron chi connectivity index (χ0n) is 10.6. The fourth-order valence-electron chi connectivity index (χ4n) is 2.66. The molecule has 1 nitrogen and oxygen atoms in total. The molecule has 0 amide bonds. The Morgan fingerprint density at radius 3 is 2.50 bits per heavy atom. The summed E-state index contributed by atoms with van der Waals surface area (Å²) in [6.07, 6.45) is 2.69. The lowest BCUT2D eigenvalue weighted by Gasteiger charge is -2.17. The van der Waals surface area contributed by atoms with Gasteiger partial charge in [-0.2, -0.15) is 0 Å². The van der Waals surface area contributed by atoms with Gasteiger partial charge < -0.3 is 0 Å². The van der Waals surface area contributed by atoms with Crippen LogP contribution in [0, 0.1) is 6.07 Å². The van der Waals surface area contributed by atoms with Gasteiger partial charge in [0.15, 0.2) is 0 Å². The monoisotopic (exact) mass is 236 g/mol. The van der Waals surface area contributed by atoms with Crippen molar-refractivity contribution in [2.45, 2.75) is 19.4 Å². The average Bonchev–Trinajstić information content (AvgIpc) is 2.93. The van der Waals surface area contributed by atoms with E-state index in [4.69, 9.17) is 0 Å². The van der Waals surface area contributed by atoms with Crippen LogP contribution in [0.3, 0.4) is 0 Å². The van der Waals surface area contributed by atoms with Crippen molar-refractivity contribution in [2.24, 2.45) is 0 Å². The van der Waals surface area contributed by atoms with E-state index in [1.807, 2.05) is 6.07 Å². The number of hydrogen-bond acceptors (Lipinski definition) is 1. The molecule has 2 aromatic carbocycles. The lowest BCUT2D eigenvalue weighted by molar-refractivity contribution is 0.332. The molecule has 1 fully saturated rings. The van der Waals surface area contributed by atoms with Gasteiger partial charge in [-0.15, -0.1) is 0 Å². The van der Waals surface area contributed by atoms with Crippen LogP contribution in [-0.4, -0.2) is 18.0 Å². The fourth-order valence-corrected chi connectivity index (χ4v) is 2.66. The molecule has 18 heavy (non-hydrogen) atoms. The molecule has 1 radical (unpaired) electrons. The lowest BCUT2D eigenvalue weighted by Crippen LogP contribution is -2.18. The van der Waals surface area contributed by atoms with Gasteiger partial charge in [-0.25, -0.2) is 0 Å². The molecule has 1 saturated heterocycles. The largest absolute Gasteiger partial charge is 0.299 e. The Bertz CT molecular complexity index is 498. The van der Waals surface area contributed by atoms with Crippen LogP contribution in [0.2, 0.25) is 0 Å². The Balaban J connectivity index is 1.90. The third kappa shape index (κ3) is 2.46. The second-order valence-corrected chi connectivity index (χ2v) is 4.92. The third-order valence-corrected chi connectivity index (χ3v) is 3.60. The Morgan fingerprint density at radius 2 is 1.72 bits per heavy atom. The minimum atomic E-state index is 1.06. The molecule has 1 heterocycles. The maximum atomic E-state index is 3.40. The summed E-state index contributed by atoms with van der Waals surface area (Å²) in [7, 11) is 0. The smallest absolute Gasteiger partial charge is 0.0240 e. The number of nitrogens with zero attached hydrogens (tertiary/aromatic N) is 1. The molecule has 3 rings (SSSR count). The number of likely N-dealkylation sites (tertiary alicyclic amines) is 1. The van der Waals surface area contributed by atoms with Crippen molar-refractivity contribution in [2.75, 3.05) is 13.1 Å². The number of rotatable bonds is 3. The van der Waals surface area contributed by atoms with E-state index in [0.29, 0.717) is 0 Å². The van der Waals surface area contributed by atoms with E-state index in [-0.39, 0.29) is 0 Å². The van der Waals surface area contributed by atoms with Gasteiger partial charge in [0.1, 0.15) is 0 Å². The molecule has 0 N–H and O–H groups in total. The van der Waals surface area contributed by atoms with Crippen LogP contribution in [0.5, 0.6) is 0 Å². The summed E-state index contributed by atoms with van der Waals surface area (Å²) < 4.78 is 0. The zero-order valence-corrected chi connectivity index (χ0v) is 10.6. The van der Waals surface area contributed by atoms with E-state index < -0.39 is 0 Å². The lowest BCUT2D eigenvalue weighted by atomic mass is 9.99. The second kappa shape index (κ2) is 5.36. The molecule has 0 aliphatic carbocycles. The van der Waals surface area contributed by atoms with E-state index in [1.165, 1.54) is 42.6 Å². The first-order valence-corrected chi connectivity index (χ1v) is 6.71. The molecule has 1 aliphatic heterocycles. The van der Waals surface area contributed by atoms with Gasteiger partial charge in [-0.05, 0) is 48.7 Å². The van der Waals surface area contributed by atoms with Gasteiger partial charge >= 0.3 is 0 Å². The molecular formula is C17H18N. The topological polar surface area (TPSA) is 3.24 Å². The van der Waals surface area contributed by atoms with Crippen molar-refractivity contribution in [1.82, 2.24) is 4.90 Å². The predicted octanol–water partition coefficient (Wildman–Crippen LogP) is 3.75. The molecule has 1 aliphatic rings. The van der Waals surface area contributed by atoms with Gasteiger partial charge in [-0.3, -0.25) is 4.90 Å². The van der Waals surface area contributed by atoms with Crippen molar-refractivity contribution in [3.05, 3.63) is 60.2 Å². The normalized spacial score (nSPS) is 16.0. The molecule has 0 bridgehead atoms. The predicted molar refractivity (Wildman–Crippen MR) is 75.2 cm³/mol. The highest BCUT2D eigenvalue weighted by Crippen LogP contribution is 2.25.